The summed E-state index contributed by atoms with van der Waals surface area (Å²) in [7, 11) is 0. The Morgan fingerprint density at radius 2 is 2.05 bits per heavy atom. The van der Waals surface area contributed by atoms with Gasteiger partial charge in [-0.25, -0.2) is 0 Å². The molecule has 0 N–H and O–H groups in total. The zero-order valence-electron chi connectivity index (χ0n) is 11.1. The Morgan fingerprint density at radius 3 is 2.68 bits per heavy atom. The molecule has 19 heavy (non-hydrogen) atoms. The Kier molecular flexibility index (Phi) is 4.78. The van der Waals surface area contributed by atoms with Gasteiger partial charge in [0.05, 0.1) is 0 Å². The quantitative estimate of drug-likeness (QED) is 0.482. The molecule has 3 nitrogen and oxygen atoms in total. The van der Waals surface area contributed by atoms with Crippen molar-refractivity contribution >= 4 is 31.2 Å². The van der Waals surface area contributed by atoms with Crippen LogP contribution in [-0.4, -0.2) is 33.3 Å². The summed E-state index contributed by atoms with van der Waals surface area (Å²) in [4.78, 5) is 24.7. The first-order valence-electron chi connectivity index (χ1n) is 6.63. The molecule has 1 aromatic rings. The van der Waals surface area contributed by atoms with Crippen LogP contribution in [0.5, 0.6) is 0 Å². The first kappa shape index (κ1) is 14.3. The van der Waals surface area contributed by atoms with Gasteiger partial charge < -0.3 is 0 Å². The molecule has 4 heteroatoms. The van der Waals surface area contributed by atoms with E-state index < -0.39 is 4.31 Å². The van der Waals surface area contributed by atoms with Crippen molar-refractivity contribution in [1.82, 2.24) is 0 Å². The second kappa shape index (κ2) is 6.36. The van der Waals surface area contributed by atoms with Crippen LogP contribution in [0, 0.1) is 0 Å². The molecular weight excluding hydrogens is 307 g/mol. The summed E-state index contributed by atoms with van der Waals surface area (Å²) < 4.78 is 5.38. The molecule has 1 atom stereocenters. The number of rotatable bonds is 4. The second-order valence-electron chi connectivity index (χ2n) is 4.59. The second-order valence-corrected chi connectivity index (χ2v) is 7.47. The van der Waals surface area contributed by atoms with Gasteiger partial charge in [0.25, 0.3) is 0 Å². The number of carbonyl (C=O) groups is 2. The normalized spacial score (nSPS) is 23.1. The molecule has 102 valence electrons. The van der Waals surface area contributed by atoms with Gasteiger partial charge in [0.15, 0.2) is 0 Å². The maximum atomic E-state index is 12.4. The van der Waals surface area contributed by atoms with E-state index in [4.69, 9.17) is 4.74 Å². The number of ketones is 1. The molecule has 0 bridgehead atoms. The number of hydrogen-bond donors (Lipinski definition) is 0. The predicted octanol–water partition coefficient (Wildman–Crippen LogP) is 1.88. The summed E-state index contributed by atoms with van der Waals surface area (Å²) in [6.07, 6.45) is 2.97. The van der Waals surface area contributed by atoms with Gasteiger partial charge >= 0.3 is 119 Å². The van der Waals surface area contributed by atoms with Crippen LogP contribution in [0.2, 0.25) is 4.31 Å². The molecule has 0 heterocycles. The van der Waals surface area contributed by atoms with Gasteiger partial charge in [0, 0.05) is 0 Å². The van der Waals surface area contributed by atoms with E-state index in [0.717, 1.165) is 17.3 Å². The average molecular weight is 325 g/mol. The fourth-order valence-corrected chi connectivity index (χ4v) is 5.03. The van der Waals surface area contributed by atoms with E-state index in [0.29, 0.717) is 19.4 Å². The van der Waals surface area contributed by atoms with Crippen LogP contribution >= 0.6 is 0 Å². The SMILES string of the molecule is CCOC(=O)C1([Se]c2ccccc2)CCCCC1=O. The molecule has 1 aromatic carbocycles. The van der Waals surface area contributed by atoms with E-state index in [-0.39, 0.29) is 26.7 Å². The third-order valence-corrected chi connectivity index (χ3v) is 6.33. The number of hydrogen-bond acceptors (Lipinski definition) is 3. The van der Waals surface area contributed by atoms with Crippen molar-refractivity contribution in [3.05, 3.63) is 30.3 Å². The number of benzene rings is 1. The topological polar surface area (TPSA) is 43.4 Å². The number of ether oxygens (including phenoxy) is 1. The van der Waals surface area contributed by atoms with Crippen LogP contribution in [0.1, 0.15) is 32.6 Å². The zero-order valence-corrected chi connectivity index (χ0v) is 12.8. The minimum absolute atomic E-state index is 0.0704. The fraction of sp³-hybridized carbons (Fsp3) is 0.467. The van der Waals surface area contributed by atoms with Gasteiger partial charge in [-0.1, -0.05) is 0 Å². The van der Waals surface area contributed by atoms with Crippen molar-refractivity contribution in [2.45, 2.75) is 36.9 Å². The maximum absolute atomic E-state index is 12.4. The summed E-state index contributed by atoms with van der Waals surface area (Å²) in [6, 6.07) is 9.82. The molecule has 0 spiro atoms. The van der Waals surface area contributed by atoms with Gasteiger partial charge in [0.1, 0.15) is 0 Å². The van der Waals surface area contributed by atoms with Gasteiger partial charge in [-0.05, 0) is 0 Å². The molecular formula is C15H18O3Se. The summed E-state index contributed by atoms with van der Waals surface area (Å²) in [5.74, 6) is -0.246. The molecule has 1 saturated carbocycles. The zero-order chi connectivity index (χ0) is 13.7. The van der Waals surface area contributed by atoms with Crippen LogP contribution in [0.3, 0.4) is 0 Å². The van der Waals surface area contributed by atoms with Gasteiger partial charge in [0.2, 0.25) is 0 Å². The predicted molar refractivity (Wildman–Crippen MR) is 74.6 cm³/mol. The average Bonchev–Trinajstić information content (AvgIpc) is 2.43. The van der Waals surface area contributed by atoms with Crippen molar-refractivity contribution in [1.29, 1.82) is 0 Å². The molecule has 1 fully saturated rings. The molecule has 1 unspecified atom stereocenters. The Labute approximate surface area is 119 Å². The molecule has 0 aromatic heterocycles. The molecule has 0 amide bonds. The summed E-state index contributed by atoms with van der Waals surface area (Å²) in [6.45, 7) is 2.12. The first-order chi connectivity index (χ1) is 9.19. The molecule has 2 rings (SSSR count). The van der Waals surface area contributed by atoms with E-state index in [2.05, 4.69) is 0 Å². The van der Waals surface area contributed by atoms with Crippen LogP contribution < -0.4 is 4.46 Å². The number of Topliss-reactive ketones (excluding diaryl/α,β-unsaturated/α-hetero) is 1. The van der Waals surface area contributed by atoms with Gasteiger partial charge in [-0.15, -0.1) is 0 Å². The Balaban J connectivity index is 2.28. The third kappa shape index (κ3) is 3.07. The van der Waals surface area contributed by atoms with Crippen molar-refractivity contribution in [3.8, 4) is 0 Å². The standard InChI is InChI=1S/C15H18O3Se/c1-2-18-14(17)15(11-7-6-10-13(15)16)19-12-8-4-3-5-9-12/h3-5,8-9H,2,6-7,10-11H2,1H3. The van der Waals surface area contributed by atoms with Gasteiger partial charge in [-0.3, -0.25) is 0 Å². The Hall–Kier alpha value is -1.12. The summed E-state index contributed by atoms with van der Waals surface area (Å²) >= 11 is -0.196. The van der Waals surface area contributed by atoms with Crippen LogP contribution in [0.4, 0.5) is 0 Å². The van der Waals surface area contributed by atoms with Crippen LogP contribution in [0.25, 0.3) is 0 Å². The number of carbonyl (C=O) groups excluding carboxylic acids is 2. The third-order valence-electron chi connectivity index (χ3n) is 3.27. The van der Waals surface area contributed by atoms with Crippen LogP contribution in [-0.2, 0) is 14.3 Å². The Morgan fingerprint density at radius 1 is 1.32 bits per heavy atom. The Bertz CT molecular complexity index is 458. The molecule has 0 saturated heterocycles. The molecule has 0 aliphatic heterocycles. The van der Waals surface area contributed by atoms with E-state index in [1.165, 1.54) is 0 Å². The summed E-state index contributed by atoms with van der Waals surface area (Å²) in [5, 5.41) is 0. The first-order valence-corrected chi connectivity index (χ1v) is 8.35. The van der Waals surface area contributed by atoms with Crippen molar-refractivity contribution in [2.24, 2.45) is 0 Å². The van der Waals surface area contributed by atoms with E-state index in [9.17, 15) is 9.59 Å². The minimum atomic E-state index is -0.886. The van der Waals surface area contributed by atoms with Crippen molar-refractivity contribution in [2.75, 3.05) is 6.61 Å². The van der Waals surface area contributed by atoms with Crippen LogP contribution in [0.15, 0.2) is 30.3 Å². The fourth-order valence-electron chi connectivity index (χ4n) is 2.30. The monoisotopic (exact) mass is 326 g/mol. The summed E-state index contributed by atoms with van der Waals surface area (Å²) in [5.41, 5.74) is 0. The molecule has 1 aliphatic rings. The van der Waals surface area contributed by atoms with Gasteiger partial charge in [-0.2, -0.15) is 0 Å². The van der Waals surface area contributed by atoms with Crippen molar-refractivity contribution < 1.29 is 14.3 Å². The van der Waals surface area contributed by atoms with E-state index >= 15 is 0 Å². The number of esters is 1. The molecule has 0 radical (unpaired) electrons. The molecule has 1 aliphatic carbocycles. The van der Waals surface area contributed by atoms with E-state index in [1.54, 1.807) is 6.92 Å². The van der Waals surface area contributed by atoms with E-state index in [1.807, 2.05) is 30.3 Å². The van der Waals surface area contributed by atoms with Crippen molar-refractivity contribution in [3.63, 3.8) is 0 Å².